The third kappa shape index (κ3) is 2.73. The minimum atomic E-state index is -0.519. The maximum atomic E-state index is 13.6. The van der Waals surface area contributed by atoms with Crippen LogP contribution in [0.3, 0.4) is 0 Å². The molecular formula is C16H14FN3O3. The van der Waals surface area contributed by atoms with Gasteiger partial charge in [0.1, 0.15) is 5.82 Å². The molecule has 2 aromatic carbocycles. The lowest BCUT2D eigenvalue weighted by Gasteiger charge is -2.35. The van der Waals surface area contributed by atoms with Crippen molar-refractivity contribution >= 4 is 23.0 Å². The Hall–Kier alpha value is -2.96. The first-order valence-electron chi connectivity index (χ1n) is 7.04. The van der Waals surface area contributed by atoms with Crippen LogP contribution in [0.5, 0.6) is 0 Å². The van der Waals surface area contributed by atoms with Gasteiger partial charge in [0.2, 0.25) is 0 Å². The number of hydrogen-bond donors (Lipinski definition) is 0. The van der Waals surface area contributed by atoms with Crippen LogP contribution in [-0.2, 0) is 0 Å². The van der Waals surface area contributed by atoms with Gasteiger partial charge in [0, 0.05) is 37.8 Å². The fourth-order valence-electron chi connectivity index (χ4n) is 2.62. The summed E-state index contributed by atoms with van der Waals surface area (Å²) in [7, 11) is 1.88. The van der Waals surface area contributed by atoms with Crippen molar-refractivity contribution in [2.24, 2.45) is 0 Å². The molecule has 0 N–H and O–H groups in total. The SMILES string of the molecule is CN1CCN(C(=O)c2ccc([N+](=O)[O-])cc2)c2cc(F)ccc21. The summed E-state index contributed by atoms with van der Waals surface area (Å²) in [5.41, 5.74) is 1.52. The largest absolute Gasteiger partial charge is 0.371 e. The van der Waals surface area contributed by atoms with E-state index in [0.29, 0.717) is 24.3 Å². The lowest BCUT2D eigenvalue weighted by molar-refractivity contribution is -0.384. The fraction of sp³-hybridized carbons (Fsp3) is 0.188. The second kappa shape index (κ2) is 5.68. The number of hydrogen-bond acceptors (Lipinski definition) is 4. The molecule has 1 aliphatic heterocycles. The number of nitro groups is 1. The first kappa shape index (κ1) is 15.0. The van der Waals surface area contributed by atoms with Gasteiger partial charge in [-0.25, -0.2) is 4.39 Å². The molecule has 1 amide bonds. The van der Waals surface area contributed by atoms with Crippen LogP contribution in [0.1, 0.15) is 10.4 Å². The van der Waals surface area contributed by atoms with Gasteiger partial charge < -0.3 is 9.80 Å². The summed E-state index contributed by atoms with van der Waals surface area (Å²) in [5.74, 6) is -0.722. The Kier molecular flexibility index (Phi) is 3.69. The number of carbonyl (C=O) groups is 1. The molecule has 0 fully saturated rings. The molecule has 7 heteroatoms. The van der Waals surface area contributed by atoms with Crippen LogP contribution in [0, 0.1) is 15.9 Å². The highest BCUT2D eigenvalue weighted by atomic mass is 19.1. The summed E-state index contributed by atoms with van der Waals surface area (Å²) in [4.78, 5) is 26.3. The molecule has 3 rings (SSSR count). The van der Waals surface area contributed by atoms with Crippen molar-refractivity contribution < 1.29 is 14.1 Å². The minimum Gasteiger partial charge on any atom is -0.371 e. The number of halogens is 1. The molecule has 0 saturated heterocycles. The Morgan fingerprint density at radius 1 is 1.13 bits per heavy atom. The van der Waals surface area contributed by atoms with Gasteiger partial charge >= 0.3 is 0 Å². The Balaban J connectivity index is 1.96. The van der Waals surface area contributed by atoms with Gasteiger partial charge in [-0.05, 0) is 30.3 Å². The summed E-state index contributed by atoms with van der Waals surface area (Å²) in [6.45, 7) is 1.04. The van der Waals surface area contributed by atoms with Crippen molar-refractivity contribution in [3.63, 3.8) is 0 Å². The molecule has 0 bridgehead atoms. The molecule has 1 heterocycles. The summed E-state index contributed by atoms with van der Waals surface area (Å²) in [6, 6.07) is 9.73. The van der Waals surface area contributed by atoms with Gasteiger partial charge in [-0.2, -0.15) is 0 Å². The average molecular weight is 315 g/mol. The number of nitrogens with zero attached hydrogens (tertiary/aromatic N) is 3. The highest BCUT2D eigenvalue weighted by molar-refractivity contribution is 6.08. The van der Waals surface area contributed by atoms with Gasteiger partial charge in [-0.3, -0.25) is 14.9 Å². The minimum absolute atomic E-state index is 0.0774. The van der Waals surface area contributed by atoms with Crippen LogP contribution in [0.25, 0.3) is 0 Å². The van der Waals surface area contributed by atoms with Crippen LogP contribution < -0.4 is 9.80 Å². The lowest BCUT2D eigenvalue weighted by atomic mass is 10.1. The molecular weight excluding hydrogens is 301 g/mol. The number of anilines is 2. The maximum absolute atomic E-state index is 13.6. The van der Waals surface area contributed by atoms with Crippen LogP contribution in [0.4, 0.5) is 21.5 Å². The Bertz CT molecular complexity index is 777. The van der Waals surface area contributed by atoms with E-state index >= 15 is 0 Å². The second-order valence-corrected chi connectivity index (χ2v) is 5.32. The van der Waals surface area contributed by atoms with Crippen molar-refractivity contribution in [1.82, 2.24) is 0 Å². The van der Waals surface area contributed by atoms with E-state index in [4.69, 9.17) is 0 Å². The van der Waals surface area contributed by atoms with Gasteiger partial charge in [-0.1, -0.05) is 0 Å². The van der Waals surface area contributed by atoms with Gasteiger partial charge in [0.25, 0.3) is 11.6 Å². The number of fused-ring (bicyclic) bond motifs is 1. The van der Waals surface area contributed by atoms with Crippen LogP contribution in [-0.4, -0.2) is 31.0 Å². The van der Waals surface area contributed by atoms with Crippen molar-refractivity contribution in [2.45, 2.75) is 0 Å². The Morgan fingerprint density at radius 3 is 2.48 bits per heavy atom. The van der Waals surface area contributed by atoms with E-state index < -0.39 is 10.7 Å². The van der Waals surface area contributed by atoms with Gasteiger partial charge in [0.15, 0.2) is 0 Å². The van der Waals surface area contributed by atoms with E-state index in [2.05, 4.69) is 0 Å². The molecule has 0 saturated carbocycles. The quantitative estimate of drug-likeness (QED) is 0.631. The number of benzene rings is 2. The zero-order valence-electron chi connectivity index (χ0n) is 12.4. The monoisotopic (exact) mass is 315 g/mol. The molecule has 0 radical (unpaired) electrons. The number of amides is 1. The molecule has 1 aliphatic rings. The highest BCUT2D eigenvalue weighted by Gasteiger charge is 2.26. The predicted octanol–water partition coefficient (Wildman–Crippen LogP) is 2.83. The molecule has 0 unspecified atom stereocenters. The summed E-state index contributed by atoms with van der Waals surface area (Å²) in [6.07, 6.45) is 0. The van der Waals surface area contributed by atoms with Crippen LogP contribution in [0.2, 0.25) is 0 Å². The van der Waals surface area contributed by atoms with Gasteiger partial charge in [-0.15, -0.1) is 0 Å². The van der Waals surface area contributed by atoms with Crippen LogP contribution in [0.15, 0.2) is 42.5 Å². The number of likely N-dealkylation sites (N-methyl/N-ethyl adjacent to an activating group) is 1. The molecule has 0 aromatic heterocycles. The molecule has 0 atom stereocenters. The third-order valence-corrected chi connectivity index (χ3v) is 3.87. The molecule has 23 heavy (non-hydrogen) atoms. The summed E-state index contributed by atoms with van der Waals surface area (Å²) >= 11 is 0. The smallest absolute Gasteiger partial charge is 0.269 e. The Morgan fingerprint density at radius 2 is 1.83 bits per heavy atom. The second-order valence-electron chi connectivity index (χ2n) is 5.32. The van der Waals surface area contributed by atoms with Crippen molar-refractivity contribution in [3.05, 3.63) is 64.0 Å². The maximum Gasteiger partial charge on any atom is 0.269 e. The van der Waals surface area contributed by atoms with Crippen molar-refractivity contribution in [2.75, 3.05) is 29.9 Å². The number of rotatable bonds is 2. The van der Waals surface area contributed by atoms with E-state index in [1.54, 1.807) is 6.07 Å². The van der Waals surface area contributed by atoms with Gasteiger partial charge in [0.05, 0.1) is 16.3 Å². The standard InChI is InChI=1S/C16H14FN3O3/c1-18-8-9-19(15-10-12(17)4-7-14(15)18)16(21)11-2-5-13(6-3-11)20(22)23/h2-7,10H,8-9H2,1H3. The topological polar surface area (TPSA) is 66.7 Å². The molecule has 0 aliphatic carbocycles. The number of carbonyl (C=O) groups excluding carboxylic acids is 1. The normalized spacial score (nSPS) is 13.7. The summed E-state index contributed by atoms with van der Waals surface area (Å²) in [5, 5.41) is 10.7. The van der Waals surface area contributed by atoms with E-state index in [0.717, 1.165) is 5.69 Å². The zero-order chi connectivity index (χ0) is 16.6. The molecule has 2 aromatic rings. The lowest BCUT2D eigenvalue weighted by Crippen LogP contribution is -2.42. The molecule has 118 valence electrons. The van der Waals surface area contributed by atoms with Crippen molar-refractivity contribution in [3.8, 4) is 0 Å². The average Bonchev–Trinajstić information content (AvgIpc) is 2.54. The zero-order valence-corrected chi connectivity index (χ0v) is 12.4. The van der Waals surface area contributed by atoms with Crippen molar-refractivity contribution in [1.29, 1.82) is 0 Å². The molecule has 0 spiro atoms. The summed E-state index contributed by atoms with van der Waals surface area (Å²) < 4.78 is 13.6. The van der Waals surface area contributed by atoms with E-state index in [1.807, 2.05) is 11.9 Å². The van der Waals surface area contributed by atoms with E-state index in [-0.39, 0.29) is 11.6 Å². The van der Waals surface area contributed by atoms with Crippen LogP contribution >= 0.6 is 0 Å². The first-order chi connectivity index (χ1) is 11.0. The fourth-order valence-corrected chi connectivity index (χ4v) is 2.62. The predicted molar refractivity (Wildman–Crippen MR) is 84.4 cm³/mol. The number of nitro benzene ring substituents is 1. The first-order valence-corrected chi connectivity index (χ1v) is 7.04. The highest BCUT2D eigenvalue weighted by Crippen LogP contribution is 2.33. The van der Waals surface area contributed by atoms with E-state index in [1.165, 1.54) is 41.3 Å². The van der Waals surface area contributed by atoms with E-state index in [9.17, 15) is 19.3 Å². The Labute approximate surface area is 131 Å². The number of non-ortho nitro benzene ring substituents is 1. The molecule has 6 nitrogen and oxygen atoms in total. The third-order valence-electron chi connectivity index (χ3n) is 3.87.